The molecule has 0 saturated carbocycles. The maximum atomic E-state index is 10.5. The molecule has 1 aromatic rings. The van der Waals surface area contributed by atoms with Crippen molar-refractivity contribution in [2.75, 3.05) is 0 Å². The van der Waals surface area contributed by atoms with Crippen LogP contribution in [0.4, 0.5) is 0 Å². The third-order valence-electron chi connectivity index (χ3n) is 1.80. The van der Waals surface area contributed by atoms with Crippen LogP contribution in [-0.4, -0.2) is 17.2 Å². The number of aromatic amines is 1. The van der Waals surface area contributed by atoms with Gasteiger partial charge in [0, 0.05) is 11.3 Å². The fourth-order valence-electron chi connectivity index (χ4n) is 1.20. The zero-order chi connectivity index (χ0) is 9.30. The van der Waals surface area contributed by atoms with Gasteiger partial charge in [-0.25, -0.2) is 0 Å². The van der Waals surface area contributed by atoms with Gasteiger partial charge in [-0.3, -0.25) is 4.79 Å². The normalized spacial score (nSPS) is 9.08. The minimum atomic E-state index is -1.26. The topological polar surface area (TPSA) is 73.0 Å². The van der Waals surface area contributed by atoms with Gasteiger partial charge in [0.2, 0.25) is 0 Å². The summed E-state index contributed by atoms with van der Waals surface area (Å²) in [7, 11) is 0. The molecule has 0 aliphatic carbocycles. The monoisotopic (exact) mass is 205 g/mol. The van der Waals surface area contributed by atoms with Gasteiger partial charge in [-0.2, -0.15) is 0 Å². The molecule has 0 aliphatic heterocycles. The molecule has 0 amide bonds. The van der Waals surface area contributed by atoms with Gasteiger partial charge in [0.1, 0.15) is 0 Å². The van der Waals surface area contributed by atoms with Crippen molar-refractivity contribution in [2.24, 2.45) is 0 Å². The minimum Gasteiger partial charge on any atom is -0.545 e. The molecule has 0 bridgehead atoms. The van der Waals surface area contributed by atoms with Gasteiger partial charge < -0.3 is 14.9 Å². The molecule has 1 heterocycles. The summed E-state index contributed by atoms with van der Waals surface area (Å²) in [6.07, 6.45) is 0.592. The van der Waals surface area contributed by atoms with Gasteiger partial charge in [-0.05, 0) is 19.4 Å². The van der Waals surface area contributed by atoms with Crippen LogP contribution in [-0.2, 0) is 0 Å². The molecule has 0 saturated heterocycles. The van der Waals surface area contributed by atoms with E-state index in [4.69, 9.17) is 0 Å². The zero-order valence-corrected chi connectivity index (χ0v) is 10.9. The van der Waals surface area contributed by atoms with E-state index in [0.717, 1.165) is 0 Å². The summed E-state index contributed by atoms with van der Waals surface area (Å²) in [6, 6.07) is 0. The second kappa shape index (κ2) is 5.07. The third kappa shape index (κ3) is 2.51. The van der Waals surface area contributed by atoms with Crippen molar-refractivity contribution in [3.63, 3.8) is 0 Å². The zero-order valence-electron chi connectivity index (χ0n) is 7.80. The van der Waals surface area contributed by atoms with E-state index in [0.29, 0.717) is 23.2 Å². The maximum Gasteiger partial charge on any atom is 1.00 e. The third-order valence-corrected chi connectivity index (χ3v) is 1.80. The standard InChI is InChI=1S/C8H9NO3.K/c1-4-6(3-10)9-5(2)7(4)8(11)12;/h3,9H,1-2H3,(H,11,12);/q;+1/p-1. The van der Waals surface area contributed by atoms with E-state index in [2.05, 4.69) is 4.98 Å². The number of hydrogen-bond acceptors (Lipinski definition) is 3. The number of carbonyl (C=O) groups is 2. The molecule has 0 atom stereocenters. The molecule has 1 rings (SSSR count). The van der Waals surface area contributed by atoms with Gasteiger partial charge in [-0.15, -0.1) is 0 Å². The Balaban J connectivity index is 0.00000144. The quantitative estimate of drug-likeness (QED) is 0.408. The van der Waals surface area contributed by atoms with Crippen molar-refractivity contribution < 1.29 is 66.1 Å². The fourth-order valence-corrected chi connectivity index (χ4v) is 1.20. The molecular weight excluding hydrogens is 197 g/mol. The Morgan fingerprint density at radius 3 is 2.23 bits per heavy atom. The summed E-state index contributed by atoms with van der Waals surface area (Å²) >= 11 is 0. The molecule has 1 N–H and O–H groups in total. The van der Waals surface area contributed by atoms with Gasteiger partial charge in [0.05, 0.1) is 11.7 Å². The van der Waals surface area contributed by atoms with Crippen LogP contribution in [0.15, 0.2) is 0 Å². The van der Waals surface area contributed by atoms with Crippen LogP contribution in [0.25, 0.3) is 0 Å². The average Bonchev–Trinajstić information content (AvgIpc) is 2.25. The summed E-state index contributed by atoms with van der Waals surface area (Å²) in [5.74, 6) is -1.26. The van der Waals surface area contributed by atoms with Crippen LogP contribution in [0.2, 0.25) is 0 Å². The average molecular weight is 205 g/mol. The van der Waals surface area contributed by atoms with Crippen LogP contribution in [0.3, 0.4) is 0 Å². The number of aromatic carboxylic acids is 1. The van der Waals surface area contributed by atoms with Crippen molar-refractivity contribution in [2.45, 2.75) is 13.8 Å². The molecule has 1 aromatic heterocycles. The predicted molar refractivity (Wildman–Crippen MR) is 40.0 cm³/mol. The Morgan fingerprint density at radius 2 is 2.00 bits per heavy atom. The number of aromatic nitrogens is 1. The van der Waals surface area contributed by atoms with Crippen molar-refractivity contribution in [3.8, 4) is 0 Å². The first kappa shape index (κ1) is 13.1. The molecule has 0 fully saturated rings. The number of nitrogens with one attached hydrogen (secondary N) is 1. The van der Waals surface area contributed by atoms with Gasteiger partial charge >= 0.3 is 51.4 Å². The van der Waals surface area contributed by atoms with E-state index >= 15 is 0 Å². The van der Waals surface area contributed by atoms with Crippen molar-refractivity contribution in [1.29, 1.82) is 0 Å². The first-order valence-corrected chi connectivity index (χ1v) is 3.43. The maximum absolute atomic E-state index is 10.5. The molecule has 0 radical (unpaired) electrons. The second-order valence-corrected chi connectivity index (χ2v) is 2.57. The molecule has 5 heteroatoms. The van der Waals surface area contributed by atoms with Gasteiger partial charge in [-0.1, -0.05) is 0 Å². The molecule has 0 aromatic carbocycles. The largest absolute Gasteiger partial charge is 1.00 e. The van der Waals surface area contributed by atoms with Crippen molar-refractivity contribution in [3.05, 3.63) is 22.5 Å². The number of carboxylic acids is 1. The Bertz CT molecular complexity index is 343. The minimum absolute atomic E-state index is 0. The SMILES string of the molecule is Cc1[nH]c(C=O)c(C)c1C(=O)[O-].[K+]. The van der Waals surface area contributed by atoms with Crippen LogP contribution < -0.4 is 56.5 Å². The summed E-state index contributed by atoms with van der Waals surface area (Å²) in [5.41, 5.74) is 1.26. The summed E-state index contributed by atoms with van der Waals surface area (Å²) in [4.78, 5) is 23.6. The van der Waals surface area contributed by atoms with Crippen LogP contribution in [0.5, 0.6) is 0 Å². The molecule has 13 heavy (non-hydrogen) atoms. The molecule has 64 valence electrons. The first-order chi connectivity index (χ1) is 5.57. The van der Waals surface area contributed by atoms with E-state index < -0.39 is 5.97 Å². The fraction of sp³-hybridized carbons (Fsp3) is 0.250. The number of aryl methyl sites for hydroxylation is 1. The van der Waals surface area contributed by atoms with Crippen LogP contribution in [0, 0.1) is 13.8 Å². The number of carbonyl (C=O) groups excluding carboxylic acids is 2. The Morgan fingerprint density at radius 1 is 1.46 bits per heavy atom. The number of carboxylic acid groups (broad SMARTS) is 1. The van der Waals surface area contributed by atoms with Crippen LogP contribution in [0.1, 0.15) is 32.1 Å². The first-order valence-electron chi connectivity index (χ1n) is 3.43. The number of rotatable bonds is 2. The van der Waals surface area contributed by atoms with E-state index in [1.54, 1.807) is 13.8 Å². The summed E-state index contributed by atoms with van der Waals surface area (Å²) in [5, 5.41) is 10.5. The molecule has 0 aliphatic rings. The molecule has 0 spiro atoms. The summed E-state index contributed by atoms with van der Waals surface area (Å²) in [6.45, 7) is 3.16. The second-order valence-electron chi connectivity index (χ2n) is 2.57. The molecular formula is C8H8KNO3. The van der Waals surface area contributed by atoms with Crippen molar-refractivity contribution >= 4 is 12.3 Å². The Labute approximate surface area is 118 Å². The van der Waals surface area contributed by atoms with Crippen LogP contribution >= 0.6 is 0 Å². The van der Waals surface area contributed by atoms with E-state index in [-0.39, 0.29) is 56.9 Å². The van der Waals surface area contributed by atoms with E-state index in [1.165, 1.54) is 0 Å². The number of hydrogen-bond donors (Lipinski definition) is 1. The summed E-state index contributed by atoms with van der Waals surface area (Å²) < 4.78 is 0. The van der Waals surface area contributed by atoms with Gasteiger partial charge in [0.15, 0.2) is 6.29 Å². The Hall–Kier alpha value is 0.0564. The van der Waals surface area contributed by atoms with Crippen molar-refractivity contribution in [1.82, 2.24) is 4.98 Å². The molecule has 0 unspecified atom stereocenters. The van der Waals surface area contributed by atoms with E-state index in [9.17, 15) is 14.7 Å². The smallest absolute Gasteiger partial charge is 0.545 e. The van der Waals surface area contributed by atoms with Gasteiger partial charge in [0.25, 0.3) is 0 Å². The predicted octanol–water partition coefficient (Wildman–Crippen LogP) is -3.19. The molecule has 4 nitrogen and oxygen atoms in total. The number of aldehydes is 1. The van der Waals surface area contributed by atoms with E-state index in [1.807, 2.05) is 0 Å². The Kier molecular flexibility index (Phi) is 5.09. The number of H-pyrrole nitrogens is 1.